The normalized spacial score (nSPS) is 34.8. The van der Waals surface area contributed by atoms with Gasteiger partial charge in [0.1, 0.15) is 0 Å². The highest BCUT2D eigenvalue weighted by molar-refractivity contribution is 4.87. The molecule has 2 fully saturated rings. The van der Waals surface area contributed by atoms with Crippen LogP contribution in [0.5, 0.6) is 0 Å². The van der Waals surface area contributed by atoms with Gasteiger partial charge >= 0.3 is 0 Å². The summed E-state index contributed by atoms with van der Waals surface area (Å²) in [6.45, 7) is 7.47. The van der Waals surface area contributed by atoms with Crippen LogP contribution in [-0.4, -0.2) is 24.0 Å². The fraction of sp³-hybridized carbons (Fsp3) is 1.00. The van der Waals surface area contributed by atoms with Gasteiger partial charge in [-0.25, -0.2) is 0 Å². The van der Waals surface area contributed by atoms with Crippen LogP contribution in [0.25, 0.3) is 0 Å². The number of hydrogen-bond acceptors (Lipinski definition) is 1. The van der Waals surface area contributed by atoms with Gasteiger partial charge in [0, 0.05) is 12.6 Å². The summed E-state index contributed by atoms with van der Waals surface area (Å²) in [6.07, 6.45) is 10.3. The zero-order valence-electron chi connectivity index (χ0n) is 10.5. The Bertz CT molecular complexity index is 188. The van der Waals surface area contributed by atoms with Crippen molar-refractivity contribution in [1.82, 2.24) is 4.90 Å². The molecular weight excluding hydrogens is 182 g/mol. The summed E-state index contributed by atoms with van der Waals surface area (Å²) in [5, 5.41) is 0. The predicted molar refractivity (Wildman–Crippen MR) is 66.0 cm³/mol. The number of hydrogen-bond donors (Lipinski definition) is 0. The van der Waals surface area contributed by atoms with Gasteiger partial charge in [-0.05, 0) is 44.1 Å². The average molecular weight is 209 g/mol. The van der Waals surface area contributed by atoms with Gasteiger partial charge in [-0.15, -0.1) is 0 Å². The number of piperidine rings is 1. The summed E-state index contributed by atoms with van der Waals surface area (Å²) in [6, 6.07) is 0.960. The van der Waals surface area contributed by atoms with Crippen LogP contribution in [0, 0.1) is 11.8 Å². The first kappa shape index (κ1) is 11.4. The lowest BCUT2D eigenvalue weighted by atomic mass is 9.78. The Morgan fingerprint density at radius 3 is 2.67 bits per heavy atom. The second-order valence-corrected chi connectivity index (χ2v) is 5.76. The molecule has 0 aromatic rings. The van der Waals surface area contributed by atoms with Gasteiger partial charge in [0.25, 0.3) is 0 Å². The van der Waals surface area contributed by atoms with Crippen molar-refractivity contribution in [3.8, 4) is 0 Å². The van der Waals surface area contributed by atoms with E-state index in [4.69, 9.17) is 0 Å². The van der Waals surface area contributed by atoms with Crippen LogP contribution in [0.15, 0.2) is 0 Å². The Hall–Kier alpha value is -0.0400. The summed E-state index contributed by atoms with van der Waals surface area (Å²) in [7, 11) is 0. The van der Waals surface area contributed by atoms with E-state index in [0.29, 0.717) is 0 Å². The molecule has 0 amide bonds. The van der Waals surface area contributed by atoms with Crippen LogP contribution in [0.4, 0.5) is 0 Å². The number of nitrogens with zero attached hydrogens (tertiary/aromatic N) is 1. The molecule has 88 valence electrons. The van der Waals surface area contributed by atoms with E-state index >= 15 is 0 Å². The maximum Gasteiger partial charge on any atom is 0.0124 e. The SMILES string of the molecule is CCC(C)CN1CCCC2CCCCC21. The lowest BCUT2D eigenvalue weighted by molar-refractivity contribution is 0.0496. The Morgan fingerprint density at radius 1 is 1.13 bits per heavy atom. The van der Waals surface area contributed by atoms with Gasteiger partial charge in [-0.2, -0.15) is 0 Å². The fourth-order valence-electron chi connectivity index (χ4n) is 3.48. The van der Waals surface area contributed by atoms with Gasteiger partial charge in [-0.1, -0.05) is 33.1 Å². The van der Waals surface area contributed by atoms with Crippen LogP contribution >= 0.6 is 0 Å². The second-order valence-electron chi connectivity index (χ2n) is 5.76. The lowest BCUT2D eigenvalue weighted by Crippen LogP contribution is -2.48. The minimum absolute atomic E-state index is 0.894. The molecule has 0 radical (unpaired) electrons. The Kier molecular flexibility index (Phi) is 4.07. The van der Waals surface area contributed by atoms with E-state index in [1.54, 1.807) is 0 Å². The molecule has 0 spiro atoms. The fourth-order valence-corrected chi connectivity index (χ4v) is 3.48. The van der Waals surface area contributed by atoms with Crippen molar-refractivity contribution in [3.05, 3.63) is 0 Å². The first-order chi connectivity index (χ1) is 7.31. The third-order valence-electron chi connectivity index (χ3n) is 4.60. The summed E-state index contributed by atoms with van der Waals surface area (Å²) >= 11 is 0. The summed E-state index contributed by atoms with van der Waals surface area (Å²) < 4.78 is 0. The lowest BCUT2D eigenvalue weighted by Gasteiger charge is -2.45. The highest BCUT2D eigenvalue weighted by Crippen LogP contribution is 2.35. The zero-order valence-corrected chi connectivity index (χ0v) is 10.5. The van der Waals surface area contributed by atoms with Gasteiger partial charge in [0.15, 0.2) is 0 Å². The van der Waals surface area contributed by atoms with E-state index in [1.807, 2.05) is 0 Å². The molecule has 15 heavy (non-hydrogen) atoms. The largest absolute Gasteiger partial charge is 0.300 e. The first-order valence-electron chi connectivity index (χ1n) is 7.05. The maximum atomic E-state index is 2.82. The van der Waals surface area contributed by atoms with Crippen LogP contribution < -0.4 is 0 Å². The molecule has 3 atom stereocenters. The minimum atomic E-state index is 0.894. The van der Waals surface area contributed by atoms with E-state index in [1.165, 1.54) is 58.0 Å². The predicted octanol–water partition coefficient (Wildman–Crippen LogP) is 3.69. The van der Waals surface area contributed by atoms with E-state index in [2.05, 4.69) is 18.7 Å². The first-order valence-corrected chi connectivity index (χ1v) is 7.05. The molecule has 1 aliphatic heterocycles. The van der Waals surface area contributed by atoms with Crippen molar-refractivity contribution in [2.24, 2.45) is 11.8 Å². The number of fused-ring (bicyclic) bond motifs is 1. The third-order valence-corrected chi connectivity index (χ3v) is 4.60. The molecule has 3 unspecified atom stereocenters. The molecule has 1 saturated heterocycles. The monoisotopic (exact) mass is 209 g/mol. The van der Waals surface area contributed by atoms with Crippen molar-refractivity contribution < 1.29 is 0 Å². The molecule has 0 aromatic carbocycles. The van der Waals surface area contributed by atoms with E-state index in [-0.39, 0.29) is 0 Å². The molecule has 2 rings (SSSR count). The molecule has 2 aliphatic rings. The van der Waals surface area contributed by atoms with Gasteiger partial charge in [0.2, 0.25) is 0 Å². The van der Waals surface area contributed by atoms with Crippen LogP contribution in [0.1, 0.15) is 58.8 Å². The zero-order chi connectivity index (χ0) is 10.7. The molecular formula is C14H27N. The third kappa shape index (κ3) is 2.75. The highest BCUT2D eigenvalue weighted by atomic mass is 15.2. The Balaban J connectivity index is 1.91. The molecule has 0 bridgehead atoms. The van der Waals surface area contributed by atoms with E-state index < -0.39 is 0 Å². The molecule has 1 heteroatoms. The van der Waals surface area contributed by atoms with Crippen molar-refractivity contribution in [2.75, 3.05) is 13.1 Å². The molecule has 0 aromatic heterocycles. The average Bonchev–Trinajstić information content (AvgIpc) is 2.29. The van der Waals surface area contributed by atoms with E-state index in [0.717, 1.165) is 17.9 Å². The standard InChI is InChI=1S/C14H27N/c1-3-12(2)11-15-10-6-8-13-7-4-5-9-14(13)15/h12-14H,3-11H2,1-2H3. The minimum Gasteiger partial charge on any atom is -0.300 e. The molecule has 1 aliphatic carbocycles. The number of likely N-dealkylation sites (tertiary alicyclic amines) is 1. The smallest absolute Gasteiger partial charge is 0.0124 e. The summed E-state index contributed by atoms with van der Waals surface area (Å²) in [4.78, 5) is 2.82. The highest BCUT2D eigenvalue weighted by Gasteiger charge is 2.33. The Morgan fingerprint density at radius 2 is 1.87 bits per heavy atom. The van der Waals surface area contributed by atoms with Crippen molar-refractivity contribution in [2.45, 2.75) is 64.8 Å². The van der Waals surface area contributed by atoms with Crippen molar-refractivity contribution >= 4 is 0 Å². The molecule has 1 saturated carbocycles. The summed E-state index contributed by atoms with van der Waals surface area (Å²) in [5.74, 6) is 1.95. The van der Waals surface area contributed by atoms with Gasteiger partial charge < -0.3 is 0 Å². The molecule has 1 nitrogen and oxygen atoms in total. The number of rotatable bonds is 3. The van der Waals surface area contributed by atoms with Crippen molar-refractivity contribution in [1.29, 1.82) is 0 Å². The Labute approximate surface area is 95.2 Å². The second kappa shape index (κ2) is 5.34. The maximum absolute atomic E-state index is 2.82. The molecule has 1 heterocycles. The van der Waals surface area contributed by atoms with Crippen LogP contribution in [0.2, 0.25) is 0 Å². The summed E-state index contributed by atoms with van der Waals surface area (Å²) in [5.41, 5.74) is 0. The van der Waals surface area contributed by atoms with Gasteiger partial charge in [-0.3, -0.25) is 4.90 Å². The quantitative estimate of drug-likeness (QED) is 0.685. The van der Waals surface area contributed by atoms with Crippen LogP contribution in [0.3, 0.4) is 0 Å². The topological polar surface area (TPSA) is 3.24 Å². The van der Waals surface area contributed by atoms with E-state index in [9.17, 15) is 0 Å². The molecule has 0 N–H and O–H groups in total. The van der Waals surface area contributed by atoms with Crippen LogP contribution in [-0.2, 0) is 0 Å². The van der Waals surface area contributed by atoms with Crippen molar-refractivity contribution in [3.63, 3.8) is 0 Å². The van der Waals surface area contributed by atoms with Gasteiger partial charge in [0.05, 0.1) is 0 Å².